The summed E-state index contributed by atoms with van der Waals surface area (Å²) in [7, 11) is 0. The number of hydrogen-bond acceptors (Lipinski definition) is 3. The fraction of sp³-hybridized carbons (Fsp3) is 0.538. The van der Waals surface area contributed by atoms with Crippen LogP contribution >= 0.6 is 0 Å². The number of urea groups is 1. The molecule has 5 nitrogen and oxygen atoms in total. The van der Waals surface area contributed by atoms with Crippen LogP contribution in [0.4, 0.5) is 10.5 Å². The van der Waals surface area contributed by atoms with Crippen molar-refractivity contribution in [1.29, 1.82) is 0 Å². The third kappa shape index (κ3) is 2.79. The maximum atomic E-state index is 11.8. The predicted molar refractivity (Wildman–Crippen MR) is 69.2 cm³/mol. The Kier molecular flexibility index (Phi) is 3.81. The molecule has 1 saturated carbocycles. The number of aliphatic hydroxyl groups excluding tert-OH is 1. The average molecular weight is 249 g/mol. The number of aliphatic hydroxyl groups is 1. The van der Waals surface area contributed by atoms with Gasteiger partial charge in [0.05, 0.1) is 18.5 Å². The minimum atomic E-state index is -0.241. The topological polar surface area (TPSA) is 74.2 Å². The average Bonchev–Trinajstić information content (AvgIpc) is 2.73. The van der Waals surface area contributed by atoms with Crippen LogP contribution in [-0.2, 0) is 0 Å². The van der Waals surface area contributed by atoms with E-state index >= 15 is 0 Å². The Morgan fingerprint density at radius 3 is 3.17 bits per heavy atom. The van der Waals surface area contributed by atoms with Crippen molar-refractivity contribution in [2.24, 2.45) is 5.41 Å². The highest BCUT2D eigenvalue weighted by molar-refractivity contribution is 5.89. The fourth-order valence-corrected chi connectivity index (χ4v) is 2.43. The molecule has 1 fully saturated rings. The van der Waals surface area contributed by atoms with Gasteiger partial charge in [0.1, 0.15) is 0 Å². The molecule has 0 spiro atoms. The Morgan fingerprint density at radius 1 is 1.67 bits per heavy atom. The first kappa shape index (κ1) is 12.8. The van der Waals surface area contributed by atoms with Crippen molar-refractivity contribution < 1.29 is 9.90 Å². The third-order valence-electron chi connectivity index (χ3n) is 3.67. The lowest BCUT2D eigenvalue weighted by molar-refractivity contribution is 0.122. The van der Waals surface area contributed by atoms with Crippen molar-refractivity contribution in [1.82, 2.24) is 10.3 Å². The molecule has 18 heavy (non-hydrogen) atoms. The van der Waals surface area contributed by atoms with E-state index in [0.717, 1.165) is 19.3 Å². The molecule has 0 saturated heterocycles. The summed E-state index contributed by atoms with van der Waals surface area (Å²) in [6.45, 7) is 2.11. The molecule has 2 amide bonds. The van der Waals surface area contributed by atoms with E-state index in [2.05, 4.69) is 15.6 Å². The summed E-state index contributed by atoms with van der Waals surface area (Å²) < 4.78 is 0. The Labute approximate surface area is 107 Å². The van der Waals surface area contributed by atoms with E-state index in [1.807, 2.05) is 6.92 Å². The maximum absolute atomic E-state index is 11.8. The van der Waals surface area contributed by atoms with Gasteiger partial charge in [-0.05, 0) is 25.0 Å². The lowest BCUT2D eigenvalue weighted by atomic mass is 9.86. The lowest BCUT2D eigenvalue weighted by Gasteiger charge is -2.30. The molecule has 0 aliphatic heterocycles. The number of anilines is 1. The molecule has 0 unspecified atom stereocenters. The molecule has 1 aliphatic carbocycles. The molecule has 0 radical (unpaired) electrons. The maximum Gasteiger partial charge on any atom is 0.319 e. The van der Waals surface area contributed by atoms with Gasteiger partial charge in [-0.15, -0.1) is 0 Å². The second kappa shape index (κ2) is 5.35. The van der Waals surface area contributed by atoms with Gasteiger partial charge in [-0.1, -0.05) is 13.3 Å². The molecule has 98 valence electrons. The van der Waals surface area contributed by atoms with E-state index in [1.165, 1.54) is 0 Å². The molecular weight excluding hydrogens is 230 g/mol. The third-order valence-corrected chi connectivity index (χ3v) is 3.67. The molecule has 5 heteroatoms. The molecule has 2 rings (SSSR count). The number of amides is 2. The minimum absolute atomic E-state index is 0.0270. The lowest BCUT2D eigenvalue weighted by Crippen LogP contribution is -2.46. The van der Waals surface area contributed by atoms with E-state index in [1.54, 1.807) is 24.5 Å². The normalized spacial score (nSPS) is 26.9. The number of hydrogen-bond donors (Lipinski definition) is 3. The van der Waals surface area contributed by atoms with E-state index < -0.39 is 0 Å². The first-order valence-corrected chi connectivity index (χ1v) is 6.22. The van der Waals surface area contributed by atoms with Crippen LogP contribution in [0.25, 0.3) is 0 Å². The van der Waals surface area contributed by atoms with Crippen LogP contribution in [0, 0.1) is 5.41 Å². The first-order chi connectivity index (χ1) is 8.64. The van der Waals surface area contributed by atoms with Crippen LogP contribution < -0.4 is 10.6 Å². The molecule has 1 aliphatic rings. The zero-order valence-electron chi connectivity index (χ0n) is 10.5. The van der Waals surface area contributed by atoms with Gasteiger partial charge in [-0.3, -0.25) is 4.98 Å². The predicted octanol–water partition coefficient (Wildman–Crippen LogP) is 1.75. The standard InChI is InChI=1S/C13H19N3O2/c1-13(9-17)6-2-5-11(13)16-12(18)15-10-4-3-7-14-8-10/h3-4,7-8,11,17H,2,5-6,9H2,1H3,(H2,15,16,18)/t11-,13-/m1/s1. The van der Waals surface area contributed by atoms with Crippen molar-refractivity contribution in [2.45, 2.75) is 32.2 Å². The second-order valence-electron chi connectivity index (χ2n) is 5.10. The zero-order chi connectivity index (χ0) is 13.0. The summed E-state index contributed by atoms with van der Waals surface area (Å²) in [5, 5.41) is 15.1. The van der Waals surface area contributed by atoms with Crippen LogP contribution in [0.15, 0.2) is 24.5 Å². The number of carbonyl (C=O) groups is 1. The Morgan fingerprint density at radius 2 is 2.50 bits per heavy atom. The van der Waals surface area contributed by atoms with Crippen LogP contribution in [-0.4, -0.2) is 28.8 Å². The smallest absolute Gasteiger partial charge is 0.319 e. The molecule has 1 aromatic heterocycles. The number of carbonyl (C=O) groups excluding carboxylic acids is 1. The number of nitrogens with one attached hydrogen (secondary N) is 2. The largest absolute Gasteiger partial charge is 0.396 e. The Balaban J connectivity index is 1.92. The summed E-state index contributed by atoms with van der Waals surface area (Å²) in [4.78, 5) is 15.8. The molecule has 1 heterocycles. The molecule has 1 aromatic rings. The zero-order valence-corrected chi connectivity index (χ0v) is 10.5. The van der Waals surface area contributed by atoms with Crippen molar-refractivity contribution in [3.05, 3.63) is 24.5 Å². The van der Waals surface area contributed by atoms with Gasteiger partial charge in [0, 0.05) is 17.7 Å². The quantitative estimate of drug-likeness (QED) is 0.764. The fourth-order valence-electron chi connectivity index (χ4n) is 2.43. The van der Waals surface area contributed by atoms with Gasteiger partial charge in [0.15, 0.2) is 0 Å². The van der Waals surface area contributed by atoms with Crippen LogP contribution in [0.2, 0.25) is 0 Å². The molecule has 3 N–H and O–H groups in total. The van der Waals surface area contributed by atoms with Crippen molar-refractivity contribution in [3.63, 3.8) is 0 Å². The van der Waals surface area contributed by atoms with Crippen LogP contribution in [0.3, 0.4) is 0 Å². The van der Waals surface area contributed by atoms with E-state index in [0.29, 0.717) is 5.69 Å². The van der Waals surface area contributed by atoms with Gasteiger partial charge in [-0.25, -0.2) is 4.79 Å². The first-order valence-electron chi connectivity index (χ1n) is 6.22. The van der Waals surface area contributed by atoms with E-state index in [4.69, 9.17) is 0 Å². The van der Waals surface area contributed by atoms with E-state index in [-0.39, 0.29) is 24.1 Å². The highest BCUT2D eigenvalue weighted by atomic mass is 16.3. The van der Waals surface area contributed by atoms with Crippen molar-refractivity contribution in [3.8, 4) is 0 Å². The number of nitrogens with zero attached hydrogens (tertiary/aromatic N) is 1. The van der Waals surface area contributed by atoms with Gasteiger partial charge in [-0.2, -0.15) is 0 Å². The number of rotatable bonds is 3. The number of pyridine rings is 1. The summed E-state index contributed by atoms with van der Waals surface area (Å²) in [5.41, 5.74) is 0.463. The molecule has 2 atom stereocenters. The monoisotopic (exact) mass is 249 g/mol. The van der Waals surface area contributed by atoms with Crippen LogP contribution in [0.5, 0.6) is 0 Å². The van der Waals surface area contributed by atoms with Crippen molar-refractivity contribution >= 4 is 11.7 Å². The Hall–Kier alpha value is -1.62. The summed E-state index contributed by atoms with van der Waals surface area (Å²) in [5.74, 6) is 0. The molecular formula is C13H19N3O2. The Bertz CT molecular complexity index is 410. The number of aromatic nitrogens is 1. The van der Waals surface area contributed by atoms with Gasteiger partial charge < -0.3 is 15.7 Å². The van der Waals surface area contributed by atoms with Gasteiger partial charge in [0.2, 0.25) is 0 Å². The van der Waals surface area contributed by atoms with Gasteiger partial charge in [0.25, 0.3) is 0 Å². The molecule has 0 aromatic carbocycles. The highest BCUT2D eigenvalue weighted by Crippen LogP contribution is 2.37. The van der Waals surface area contributed by atoms with Gasteiger partial charge >= 0.3 is 6.03 Å². The minimum Gasteiger partial charge on any atom is -0.396 e. The second-order valence-corrected chi connectivity index (χ2v) is 5.10. The SMILES string of the molecule is C[C@]1(CO)CCC[C@H]1NC(=O)Nc1cccnc1. The summed E-state index contributed by atoms with van der Waals surface area (Å²) >= 11 is 0. The van der Waals surface area contributed by atoms with Crippen molar-refractivity contribution in [2.75, 3.05) is 11.9 Å². The van der Waals surface area contributed by atoms with E-state index in [9.17, 15) is 9.90 Å². The van der Waals surface area contributed by atoms with Crippen LogP contribution in [0.1, 0.15) is 26.2 Å². The molecule has 0 bridgehead atoms. The highest BCUT2D eigenvalue weighted by Gasteiger charge is 2.39. The summed E-state index contributed by atoms with van der Waals surface area (Å²) in [6.07, 6.45) is 6.15. The summed E-state index contributed by atoms with van der Waals surface area (Å²) in [6, 6.07) is 3.34.